The monoisotopic (exact) mass is 182 g/mol. The second-order valence-electron chi connectivity index (χ2n) is 4.20. The van der Waals surface area contributed by atoms with Gasteiger partial charge in [-0.05, 0) is 35.1 Å². The van der Waals surface area contributed by atoms with Crippen molar-refractivity contribution >= 4 is 10.8 Å². The lowest BCUT2D eigenvalue weighted by Gasteiger charge is -2.27. The molecule has 1 saturated carbocycles. The van der Waals surface area contributed by atoms with Gasteiger partial charge >= 0.3 is 0 Å². The van der Waals surface area contributed by atoms with Crippen molar-refractivity contribution in [3.63, 3.8) is 0 Å². The van der Waals surface area contributed by atoms with Gasteiger partial charge in [0.25, 0.3) is 0 Å². The van der Waals surface area contributed by atoms with Crippen LogP contribution in [0.1, 0.15) is 30.7 Å². The molecule has 0 saturated heterocycles. The van der Waals surface area contributed by atoms with E-state index in [1.807, 2.05) is 0 Å². The van der Waals surface area contributed by atoms with Crippen LogP contribution in [-0.4, -0.2) is 0 Å². The maximum atomic E-state index is 2.30. The predicted molar refractivity (Wildman–Crippen MR) is 60.5 cm³/mol. The molecule has 0 radical (unpaired) electrons. The summed E-state index contributed by atoms with van der Waals surface area (Å²) in [4.78, 5) is 0. The van der Waals surface area contributed by atoms with E-state index in [0.29, 0.717) is 0 Å². The van der Waals surface area contributed by atoms with Gasteiger partial charge in [0.05, 0.1) is 0 Å². The Kier molecular flexibility index (Phi) is 1.80. The Morgan fingerprint density at radius 1 is 0.857 bits per heavy atom. The van der Waals surface area contributed by atoms with Crippen LogP contribution >= 0.6 is 0 Å². The molecule has 70 valence electrons. The van der Waals surface area contributed by atoms with E-state index in [2.05, 4.69) is 42.5 Å². The zero-order valence-corrected chi connectivity index (χ0v) is 8.24. The van der Waals surface area contributed by atoms with Crippen LogP contribution < -0.4 is 0 Å². The average Bonchev–Trinajstić information content (AvgIpc) is 2.16. The predicted octanol–water partition coefficient (Wildman–Crippen LogP) is 4.11. The number of hydrogen-bond acceptors (Lipinski definition) is 0. The third kappa shape index (κ3) is 1.14. The summed E-state index contributed by atoms with van der Waals surface area (Å²) in [6.07, 6.45) is 4.18. The van der Waals surface area contributed by atoms with E-state index in [4.69, 9.17) is 0 Å². The largest absolute Gasteiger partial charge is 0.0616 e. The Bertz CT molecular complexity index is 447. The van der Waals surface area contributed by atoms with Crippen molar-refractivity contribution in [2.24, 2.45) is 0 Å². The zero-order valence-electron chi connectivity index (χ0n) is 8.24. The van der Waals surface area contributed by atoms with Gasteiger partial charge in [-0.25, -0.2) is 0 Å². The van der Waals surface area contributed by atoms with E-state index in [-0.39, 0.29) is 0 Å². The van der Waals surface area contributed by atoms with E-state index >= 15 is 0 Å². The van der Waals surface area contributed by atoms with Gasteiger partial charge in [0.1, 0.15) is 0 Å². The van der Waals surface area contributed by atoms with Crippen molar-refractivity contribution in [2.45, 2.75) is 25.2 Å². The van der Waals surface area contributed by atoms with Crippen molar-refractivity contribution in [1.82, 2.24) is 0 Å². The summed E-state index contributed by atoms with van der Waals surface area (Å²) in [5, 5.41) is 2.84. The molecule has 1 aliphatic rings. The van der Waals surface area contributed by atoms with Gasteiger partial charge < -0.3 is 0 Å². The molecule has 0 spiro atoms. The highest BCUT2D eigenvalue weighted by Gasteiger charge is 2.20. The first-order chi connectivity index (χ1) is 6.95. The highest BCUT2D eigenvalue weighted by atomic mass is 14.2. The molecule has 1 fully saturated rings. The summed E-state index contributed by atoms with van der Waals surface area (Å²) in [6, 6.07) is 15.4. The molecule has 2 aromatic rings. The number of hydrogen-bond donors (Lipinski definition) is 0. The lowest BCUT2D eigenvalue weighted by Crippen LogP contribution is -2.08. The molecule has 3 rings (SSSR count). The smallest absolute Gasteiger partial charge is 0.0149 e. The topological polar surface area (TPSA) is 0 Å². The molecule has 0 heteroatoms. The molecule has 1 aliphatic carbocycles. The lowest BCUT2D eigenvalue weighted by atomic mass is 9.78. The molecule has 0 aliphatic heterocycles. The second kappa shape index (κ2) is 3.13. The van der Waals surface area contributed by atoms with E-state index < -0.39 is 0 Å². The number of benzene rings is 2. The average molecular weight is 182 g/mol. The van der Waals surface area contributed by atoms with Crippen LogP contribution in [0.25, 0.3) is 10.8 Å². The Balaban J connectivity index is 2.22. The zero-order chi connectivity index (χ0) is 9.38. The van der Waals surface area contributed by atoms with Gasteiger partial charge in [-0.15, -0.1) is 0 Å². The quantitative estimate of drug-likeness (QED) is 0.622. The van der Waals surface area contributed by atoms with E-state index in [1.54, 1.807) is 5.56 Å². The van der Waals surface area contributed by atoms with Crippen molar-refractivity contribution in [3.8, 4) is 0 Å². The van der Waals surface area contributed by atoms with Crippen LogP contribution in [0, 0.1) is 0 Å². The third-order valence-corrected chi connectivity index (χ3v) is 3.37. The molecule has 0 nitrogen and oxygen atoms in total. The Morgan fingerprint density at radius 3 is 2.43 bits per heavy atom. The van der Waals surface area contributed by atoms with Gasteiger partial charge in [-0.1, -0.05) is 48.9 Å². The summed E-state index contributed by atoms with van der Waals surface area (Å²) < 4.78 is 0. The molecule has 0 N–H and O–H groups in total. The minimum Gasteiger partial charge on any atom is -0.0616 e. The molecule has 0 atom stereocenters. The minimum absolute atomic E-state index is 0.834. The summed E-state index contributed by atoms with van der Waals surface area (Å²) in [5.41, 5.74) is 1.56. The van der Waals surface area contributed by atoms with Crippen LogP contribution in [0.4, 0.5) is 0 Å². The Morgan fingerprint density at radius 2 is 1.64 bits per heavy atom. The normalized spacial score (nSPS) is 16.9. The maximum Gasteiger partial charge on any atom is -0.0149 e. The second-order valence-corrected chi connectivity index (χ2v) is 4.20. The van der Waals surface area contributed by atoms with Crippen molar-refractivity contribution in [2.75, 3.05) is 0 Å². The first-order valence-corrected chi connectivity index (χ1v) is 5.43. The van der Waals surface area contributed by atoms with Crippen molar-refractivity contribution < 1.29 is 0 Å². The van der Waals surface area contributed by atoms with Gasteiger partial charge in [-0.3, -0.25) is 0 Å². The van der Waals surface area contributed by atoms with Crippen LogP contribution in [0.5, 0.6) is 0 Å². The molecule has 0 unspecified atom stereocenters. The van der Waals surface area contributed by atoms with Crippen LogP contribution in [0.2, 0.25) is 0 Å². The molecule has 14 heavy (non-hydrogen) atoms. The molecule has 0 bridgehead atoms. The molecule has 0 heterocycles. The lowest BCUT2D eigenvalue weighted by molar-refractivity contribution is 0.422. The standard InChI is InChI=1S/C14H14/c1-2-9-13-11(5-1)8-4-10-14(13)12-6-3-7-12/h1-2,4-5,8-10,12H,3,6-7H2. The van der Waals surface area contributed by atoms with Crippen LogP contribution in [0.15, 0.2) is 42.5 Å². The van der Waals surface area contributed by atoms with E-state index in [1.165, 1.54) is 30.0 Å². The SMILES string of the molecule is c1ccc2c(C3CCC3)cccc2c1. The van der Waals surface area contributed by atoms with Gasteiger partial charge in [-0.2, -0.15) is 0 Å². The van der Waals surface area contributed by atoms with Crippen molar-refractivity contribution in [1.29, 1.82) is 0 Å². The van der Waals surface area contributed by atoms with Crippen LogP contribution in [0.3, 0.4) is 0 Å². The summed E-state index contributed by atoms with van der Waals surface area (Å²) in [7, 11) is 0. The van der Waals surface area contributed by atoms with Gasteiger partial charge in [0.15, 0.2) is 0 Å². The van der Waals surface area contributed by atoms with Crippen molar-refractivity contribution in [3.05, 3.63) is 48.0 Å². The summed E-state index contributed by atoms with van der Waals surface area (Å²) >= 11 is 0. The highest BCUT2D eigenvalue weighted by Crippen LogP contribution is 2.39. The third-order valence-electron chi connectivity index (χ3n) is 3.37. The molecular weight excluding hydrogens is 168 g/mol. The highest BCUT2D eigenvalue weighted by molar-refractivity contribution is 5.86. The van der Waals surface area contributed by atoms with Gasteiger partial charge in [0.2, 0.25) is 0 Å². The molecule has 0 aromatic heterocycles. The maximum absolute atomic E-state index is 2.30. The number of fused-ring (bicyclic) bond motifs is 1. The minimum atomic E-state index is 0.834. The van der Waals surface area contributed by atoms with E-state index in [9.17, 15) is 0 Å². The molecular formula is C14H14. The fourth-order valence-electron chi connectivity index (χ4n) is 2.33. The summed E-state index contributed by atoms with van der Waals surface area (Å²) in [5.74, 6) is 0.834. The fraction of sp³-hybridized carbons (Fsp3) is 0.286. The Labute approximate surface area is 84.6 Å². The Hall–Kier alpha value is -1.30. The fourth-order valence-corrected chi connectivity index (χ4v) is 2.33. The van der Waals surface area contributed by atoms with E-state index in [0.717, 1.165) is 5.92 Å². The van der Waals surface area contributed by atoms with Gasteiger partial charge in [0, 0.05) is 0 Å². The number of rotatable bonds is 1. The first-order valence-electron chi connectivity index (χ1n) is 5.43. The first kappa shape index (κ1) is 8.05. The molecule has 0 amide bonds. The van der Waals surface area contributed by atoms with Crippen LogP contribution in [-0.2, 0) is 0 Å². The summed E-state index contributed by atoms with van der Waals surface area (Å²) in [6.45, 7) is 0. The molecule has 2 aromatic carbocycles.